The van der Waals surface area contributed by atoms with E-state index >= 15 is 0 Å². The van der Waals surface area contributed by atoms with Gasteiger partial charge in [0.15, 0.2) is 0 Å². The Hall–Kier alpha value is -1.00. The number of hydrogen-bond acceptors (Lipinski definition) is 1. The Bertz CT molecular complexity index is 427. The first-order valence-corrected chi connectivity index (χ1v) is 6.79. The summed E-state index contributed by atoms with van der Waals surface area (Å²) in [5.41, 5.74) is 2.30. The molecule has 0 radical (unpaired) electrons. The molecule has 0 aliphatic heterocycles. The molecular weight excluding hydrogens is 230 g/mol. The van der Waals surface area contributed by atoms with Crippen LogP contribution < -0.4 is 0 Å². The summed E-state index contributed by atoms with van der Waals surface area (Å²) in [5, 5.41) is 9.75. The van der Waals surface area contributed by atoms with Crippen molar-refractivity contribution >= 4 is 11.6 Å². The van der Waals surface area contributed by atoms with Crippen molar-refractivity contribution < 1.29 is 0 Å². The van der Waals surface area contributed by atoms with Crippen LogP contribution in [0.2, 0.25) is 5.02 Å². The molecule has 0 saturated heterocycles. The Morgan fingerprint density at radius 2 is 2.00 bits per heavy atom. The Kier molecular flexibility index (Phi) is 4.07. The van der Waals surface area contributed by atoms with Crippen LogP contribution in [-0.4, -0.2) is 0 Å². The number of rotatable bonds is 2. The topological polar surface area (TPSA) is 23.8 Å². The Morgan fingerprint density at radius 1 is 1.29 bits per heavy atom. The molecule has 1 atom stereocenters. The molecule has 1 aromatic carbocycles. The fourth-order valence-corrected chi connectivity index (χ4v) is 2.98. The second-order valence-electron chi connectivity index (χ2n) is 4.97. The fourth-order valence-electron chi connectivity index (χ4n) is 2.63. The van der Waals surface area contributed by atoms with Crippen LogP contribution >= 0.6 is 11.6 Å². The van der Waals surface area contributed by atoms with Gasteiger partial charge in [-0.1, -0.05) is 43.0 Å². The molecule has 0 N–H and O–H groups in total. The third kappa shape index (κ3) is 2.82. The molecule has 2 heteroatoms. The van der Waals surface area contributed by atoms with Gasteiger partial charge in [0.05, 0.1) is 12.0 Å². The van der Waals surface area contributed by atoms with Gasteiger partial charge in [-0.3, -0.25) is 0 Å². The zero-order chi connectivity index (χ0) is 12.3. The minimum absolute atomic E-state index is 0.0760. The van der Waals surface area contributed by atoms with Gasteiger partial charge in [0.2, 0.25) is 0 Å². The van der Waals surface area contributed by atoms with Gasteiger partial charge < -0.3 is 0 Å². The minimum atomic E-state index is -0.0760. The molecule has 17 heavy (non-hydrogen) atoms. The molecule has 1 aromatic rings. The Balaban J connectivity index is 2.22. The van der Waals surface area contributed by atoms with Crippen LogP contribution in [0, 0.1) is 11.3 Å². The van der Waals surface area contributed by atoms with Crippen molar-refractivity contribution in [2.24, 2.45) is 0 Å². The maximum Gasteiger partial charge on any atom is 0.0700 e. The van der Waals surface area contributed by atoms with E-state index in [4.69, 9.17) is 16.9 Å². The number of nitrogens with zero attached hydrogens (tertiary/aromatic N) is 1. The molecule has 0 amide bonds. The predicted octanol–water partition coefficient (Wildman–Crippen LogP) is 5.01. The van der Waals surface area contributed by atoms with Gasteiger partial charge in [0, 0.05) is 5.02 Å². The molecule has 1 fully saturated rings. The highest BCUT2D eigenvalue weighted by Crippen LogP contribution is 2.37. The van der Waals surface area contributed by atoms with Crippen molar-refractivity contribution in [3.8, 4) is 6.07 Å². The van der Waals surface area contributed by atoms with Crippen LogP contribution in [0.15, 0.2) is 18.2 Å². The average Bonchev–Trinajstić information content (AvgIpc) is 2.38. The standard InChI is InChI=1S/C15H18ClN/c1-11(10-17)13-7-8-14(15(16)9-13)12-5-3-2-4-6-12/h7-9,11-12H,2-6H2,1H3/t11-/m1/s1. The summed E-state index contributed by atoms with van der Waals surface area (Å²) in [5.74, 6) is 0.551. The highest BCUT2D eigenvalue weighted by molar-refractivity contribution is 6.31. The van der Waals surface area contributed by atoms with Crippen LogP contribution in [-0.2, 0) is 0 Å². The summed E-state index contributed by atoms with van der Waals surface area (Å²) in [4.78, 5) is 0. The van der Waals surface area contributed by atoms with Crippen LogP contribution in [0.25, 0.3) is 0 Å². The fraction of sp³-hybridized carbons (Fsp3) is 0.533. The molecule has 1 nitrogen and oxygen atoms in total. The Labute approximate surface area is 108 Å². The Morgan fingerprint density at radius 3 is 2.59 bits per heavy atom. The summed E-state index contributed by atoms with van der Waals surface area (Å²) in [7, 11) is 0. The van der Waals surface area contributed by atoms with Gasteiger partial charge in [-0.2, -0.15) is 5.26 Å². The maximum absolute atomic E-state index is 8.90. The molecular formula is C15H18ClN. The molecule has 1 aliphatic rings. The summed E-state index contributed by atoms with van der Waals surface area (Å²) < 4.78 is 0. The molecule has 0 heterocycles. The third-order valence-electron chi connectivity index (χ3n) is 3.76. The lowest BCUT2D eigenvalue weighted by Gasteiger charge is -2.23. The van der Waals surface area contributed by atoms with E-state index in [2.05, 4.69) is 18.2 Å². The highest BCUT2D eigenvalue weighted by Gasteiger charge is 2.18. The second-order valence-corrected chi connectivity index (χ2v) is 5.37. The van der Waals surface area contributed by atoms with E-state index in [1.165, 1.54) is 37.7 Å². The molecule has 1 saturated carbocycles. The summed E-state index contributed by atoms with van der Waals surface area (Å²) in [6.45, 7) is 1.91. The quantitative estimate of drug-likeness (QED) is 0.720. The van der Waals surface area contributed by atoms with E-state index in [9.17, 15) is 0 Å². The zero-order valence-corrected chi connectivity index (χ0v) is 11.0. The first-order chi connectivity index (χ1) is 8.22. The van der Waals surface area contributed by atoms with Crippen LogP contribution in [0.5, 0.6) is 0 Å². The monoisotopic (exact) mass is 247 g/mol. The van der Waals surface area contributed by atoms with Crippen LogP contribution in [0.1, 0.15) is 62.0 Å². The summed E-state index contributed by atoms with van der Waals surface area (Å²) >= 11 is 6.35. The number of nitriles is 1. The van der Waals surface area contributed by atoms with Gasteiger partial charge in [-0.25, -0.2) is 0 Å². The van der Waals surface area contributed by atoms with Crippen molar-refractivity contribution in [2.45, 2.75) is 50.9 Å². The lowest BCUT2D eigenvalue weighted by Crippen LogP contribution is -2.05. The smallest absolute Gasteiger partial charge is 0.0700 e. The molecule has 0 bridgehead atoms. The van der Waals surface area contributed by atoms with Crippen molar-refractivity contribution in [3.63, 3.8) is 0 Å². The van der Waals surface area contributed by atoms with Gasteiger partial charge in [-0.15, -0.1) is 0 Å². The lowest BCUT2D eigenvalue weighted by atomic mass is 9.83. The van der Waals surface area contributed by atoms with E-state index < -0.39 is 0 Å². The predicted molar refractivity (Wildman–Crippen MR) is 71.3 cm³/mol. The van der Waals surface area contributed by atoms with Crippen LogP contribution in [0.3, 0.4) is 0 Å². The van der Waals surface area contributed by atoms with Crippen molar-refractivity contribution in [2.75, 3.05) is 0 Å². The number of benzene rings is 1. The normalized spacial score (nSPS) is 18.6. The van der Waals surface area contributed by atoms with E-state index in [0.29, 0.717) is 5.92 Å². The third-order valence-corrected chi connectivity index (χ3v) is 4.09. The van der Waals surface area contributed by atoms with E-state index in [1.54, 1.807) is 0 Å². The molecule has 0 aromatic heterocycles. The first-order valence-electron chi connectivity index (χ1n) is 6.41. The van der Waals surface area contributed by atoms with Crippen molar-refractivity contribution in [3.05, 3.63) is 34.3 Å². The van der Waals surface area contributed by atoms with Gasteiger partial charge >= 0.3 is 0 Å². The van der Waals surface area contributed by atoms with Gasteiger partial charge in [0.1, 0.15) is 0 Å². The zero-order valence-electron chi connectivity index (χ0n) is 10.2. The molecule has 0 spiro atoms. The van der Waals surface area contributed by atoms with Crippen molar-refractivity contribution in [1.82, 2.24) is 0 Å². The van der Waals surface area contributed by atoms with Crippen molar-refractivity contribution in [1.29, 1.82) is 5.26 Å². The molecule has 2 rings (SSSR count). The maximum atomic E-state index is 8.90. The highest BCUT2D eigenvalue weighted by atomic mass is 35.5. The molecule has 90 valence electrons. The number of hydrogen-bond donors (Lipinski definition) is 0. The van der Waals surface area contributed by atoms with Gasteiger partial charge in [-0.05, 0) is 42.9 Å². The number of halogens is 1. The first kappa shape index (κ1) is 12.5. The second kappa shape index (κ2) is 5.56. The van der Waals surface area contributed by atoms with Crippen LogP contribution in [0.4, 0.5) is 0 Å². The summed E-state index contributed by atoms with van der Waals surface area (Å²) in [6, 6.07) is 8.41. The minimum Gasteiger partial charge on any atom is -0.198 e. The SMILES string of the molecule is C[C@H](C#N)c1ccc(C2CCCCC2)c(Cl)c1. The molecule has 1 aliphatic carbocycles. The lowest BCUT2D eigenvalue weighted by molar-refractivity contribution is 0.443. The van der Waals surface area contributed by atoms with E-state index in [1.807, 2.05) is 13.0 Å². The van der Waals surface area contributed by atoms with E-state index in [-0.39, 0.29) is 5.92 Å². The molecule has 0 unspecified atom stereocenters. The average molecular weight is 248 g/mol. The van der Waals surface area contributed by atoms with Gasteiger partial charge in [0.25, 0.3) is 0 Å². The summed E-state index contributed by atoms with van der Waals surface area (Å²) in [6.07, 6.45) is 6.51. The largest absolute Gasteiger partial charge is 0.198 e. The van der Waals surface area contributed by atoms with E-state index in [0.717, 1.165) is 10.6 Å².